The van der Waals surface area contributed by atoms with Crippen LogP contribution in [-0.4, -0.2) is 47.4 Å². The fourth-order valence-electron chi connectivity index (χ4n) is 2.28. The first-order valence-electron chi connectivity index (χ1n) is 7.51. The van der Waals surface area contributed by atoms with Gasteiger partial charge in [0.25, 0.3) is 5.91 Å². The Balaban J connectivity index is 0.00000172. The maximum absolute atomic E-state index is 12.3. The lowest BCUT2D eigenvalue weighted by Gasteiger charge is -2.41. The lowest BCUT2D eigenvalue weighted by Crippen LogP contribution is -2.55. The largest absolute Gasteiger partial charge is 0.333 e. The zero-order valence-electron chi connectivity index (χ0n) is 13.7. The molecule has 0 radical (unpaired) electrons. The van der Waals surface area contributed by atoms with Gasteiger partial charge in [0.2, 0.25) is 0 Å². The van der Waals surface area contributed by atoms with Gasteiger partial charge in [-0.15, -0.1) is 0 Å². The van der Waals surface area contributed by atoms with Crippen LogP contribution in [0.5, 0.6) is 0 Å². The van der Waals surface area contributed by atoms with Gasteiger partial charge in [-0.05, 0) is 20.8 Å². The van der Waals surface area contributed by atoms with Gasteiger partial charge >= 0.3 is 0 Å². The van der Waals surface area contributed by atoms with E-state index in [1.54, 1.807) is 18.2 Å². The summed E-state index contributed by atoms with van der Waals surface area (Å²) in [4.78, 5) is 16.7. The number of nitrogens with zero attached hydrogens (tertiary/aromatic N) is 2. The fraction of sp³-hybridized carbons (Fsp3) is 0.588. The van der Waals surface area contributed by atoms with Crippen molar-refractivity contribution in [2.45, 2.75) is 46.7 Å². The van der Waals surface area contributed by atoms with Crippen molar-refractivity contribution in [1.82, 2.24) is 9.80 Å². The second-order valence-electron chi connectivity index (χ2n) is 5.00. The number of piperazine rings is 1. The van der Waals surface area contributed by atoms with E-state index in [9.17, 15) is 4.79 Å². The highest BCUT2D eigenvalue weighted by Gasteiger charge is 2.28. The van der Waals surface area contributed by atoms with Crippen LogP contribution in [-0.2, 0) is 4.79 Å². The average Bonchev–Trinajstić information content (AvgIpc) is 2.46. The van der Waals surface area contributed by atoms with E-state index in [-0.39, 0.29) is 11.9 Å². The Morgan fingerprint density at radius 3 is 2.25 bits per heavy atom. The van der Waals surface area contributed by atoms with Crippen molar-refractivity contribution < 1.29 is 4.79 Å². The summed E-state index contributed by atoms with van der Waals surface area (Å²) >= 11 is 0. The molecule has 0 aromatic rings. The van der Waals surface area contributed by atoms with E-state index in [2.05, 4.69) is 38.8 Å². The van der Waals surface area contributed by atoms with Crippen LogP contribution < -0.4 is 0 Å². The minimum absolute atomic E-state index is 0.0563. The van der Waals surface area contributed by atoms with Crippen LogP contribution >= 0.6 is 0 Å². The maximum atomic E-state index is 12.3. The van der Waals surface area contributed by atoms with E-state index in [1.807, 2.05) is 18.7 Å². The lowest BCUT2D eigenvalue weighted by molar-refractivity contribution is -0.131. The predicted molar refractivity (Wildman–Crippen MR) is 87.7 cm³/mol. The number of rotatable bonds is 4. The van der Waals surface area contributed by atoms with Gasteiger partial charge in [0.05, 0.1) is 0 Å². The molecule has 3 nitrogen and oxygen atoms in total. The van der Waals surface area contributed by atoms with Gasteiger partial charge in [-0.3, -0.25) is 9.69 Å². The summed E-state index contributed by atoms with van der Waals surface area (Å²) in [6, 6.07) is 0.772. The molecule has 0 aliphatic carbocycles. The Morgan fingerprint density at radius 1 is 1.25 bits per heavy atom. The highest BCUT2D eigenvalue weighted by Crippen LogP contribution is 2.15. The van der Waals surface area contributed by atoms with Crippen molar-refractivity contribution in [3.05, 3.63) is 37.0 Å². The summed E-state index contributed by atoms with van der Waals surface area (Å²) in [6.07, 6.45) is 4.95. The van der Waals surface area contributed by atoms with Gasteiger partial charge in [0, 0.05) is 37.3 Å². The van der Waals surface area contributed by atoms with Crippen LogP contribution in [0.3, 0.4) is 0 Å². The second kappa shape index (κ2) is 9.54. The maximum Gasteiger partial charge on any atom is 0.254 e. The van der Waals surface area contributed by atoms with Gasteiger partial charge in [-0.25, -0.2) is 0 Å². The van der Waals surface area contributed by atoms with Crippen molar-refractivity contribution in [3.63, 3.8) is 0 Å². The summed E-state index contributed by atoms with van der Waals surface area (Å²) in [5.74, 6) is 0.0563. The van der Waals surface area contributed by atoms with Crippen molar-refractivity contribution in [3.8, 4) is 0 Å². The van der Waals surface area contributed by atoms with Crippen LogP contribution in [0.25, 0.3) is 0 Å². The van der Waals surface area contributed by atoms with Crippen LogP contribution in [0.15, 0.2) is 37.0 Å². The number of hydrogen-bond donors (Lipinski definition) is 0. The van der Waals surface area contributed by atoms with Gasteiger partial charge in [-0.2, -0.15) is 0 Å². The zero-order chi connectivity index (χ0) is 15.7. The van der Waals surface area contributed by atoms with Crippen molar-refractivity contribution in [2.24, 2.45) is 0 Å². The summed E-state index contributed by atoms with van der Waals surface area (Å²) in [7, 11) is 0. The minimum Gasteiger partial charge on any atom is -0.333 e. The Labute approximate surface area is 124 Å². The number of allylic oxidation sites excluding steroid dienone is 2. The number of amides is 1. The molecule has 0 spiro atoms. The van der Waals surface area contributed by atoms with Crippen LogP contribution in [0.1, 0.15) is 34.6 Å². The molecule has 1 atom stereocenters. The standard InChI is InChI=1S/C15H24N2O.C2H6/c1-6-8-14(7-2)15(18)17-10-9-16(12(3)4)11-13(17)5;1-2/h6-8,12-13H,1-2,9-11H2,3-5H3;1-2H3/b14-8+;. The molecule has 1 aliphatic heterocycles. The molecular formula is C17H30N2O. The van der Waals surface area contributed by atoms with E-state index in [0.29, 0.717) is 11.6 Å². The molecule has 0 bridgehead atoms. The molecule has 0 aromatic heterocycles. The number of carbonyl (C=O) groups is 1. The van der Waals surface area contributed by atoms with Gasteiger partial charge in [-0.1, -0.05) is 45.2 Å². The van der Waals surface area contributed by atoms with Crippen molar-refractivity contribution in [1.29, 1.82) is 0 Å². The summed E-state index contributed by atoms with van der Waals surface area (Å²) in [5, 5.41) is 0. The predicted octanol–water partition coefficient (Wildman–Crippen LogP) is 3.25. The third-order valence-electron chi connectivity index (χ3n) is 3.41. The van der Waals surface area contributed by atoms with Crippen LogP contribution in [0.2, 0.25) is 0 Å². The van der Waals surface area contributed by atoms with Crippen molar-refractivity contribution in [2.75, 3.05) is 19.6 Å². The lowest BCUT2D eigenvalue weighted by atomic mass is 10.1. The molecule has 1 fully saturated rings. The smallest absolute Gasteiger partial charge is 0.254 e. The van der Waals surface area contributed by atoms with Crippen molar-refractivity contribution >= 4 is 5.91 Å². The molecule has 1 saturated heterocycles. The van der Waals surface area contributed by atoms with Gasteiger partial charge in [0.15, 0.2) is 0 Å². The molecular weight excluding hydrogens is 248 g/mol. The van der Waals surface area contributed by atoms with Gasteiger partial charge < -0.3 is 4.90 Å². The first-order valence-corrected chi connectivity index (χ1v) is 7.51. The summed E-state index contributed by atoms with van der Waals surface area (Å²) < 4.78 is 0. The molecule has 1 amide bonds. The van der Waals surface area contributed by atoms with E-state index in [1.165, 1.54) is 0 Å². The summed E-state index contributed by atoms with van der Waals surface area (Å²) in [6.45, 7) is 20.4. The third-order valence-corrected chi connectivity index (χ3v) is 3.41. The van der Waals surface area contributed by atoms with E-state index >= 15 is 0 Å². The first kappa shape index (κ1) is 18.7. The molecule has 20 heavy (non-hydrogen) atoms. The highest BCUT2D eigenvalue weighted by atomic mass is 16.2. The molecule has 1 rings (SSSR count). The van der Waals surface area contributed by atoms with Gasteiger partial charge in [0.1, 0.15) is 0 Å². The fourth-order valence-corrected chi connectivity index (χ4v) is 2.28. The topological polar surface area (TPSA) is 23.6 Å². The Kier molecular flexibility index (Phi) is 8.89. The molecule has 1 heterocycles. The second-order valence-corrected chi connectivity index (χ2v) is 5.00. The molecule has 114 valence electrons. The van der Waals surface area contributed by atoms with E-state index < -0.39 is 0 Å². The normalized spacial score (nSPS) is 20.2. The Bertz CT molecular complexity index is 358. The minimum atomic E-state index is 0.0563. The third kappa shape index (κ3) is 4.97. The SMILES string of the molecule is C=C/C=C(\C=C)C(=O)N1CCN(C(C)C)CC1C.CC. The molecule has 1 aliphatic rings. The highest BCUT2D eigenvalue weighted by molar-refractivity contribution is 5.96. The summed E-state index contributed by atoms with van der Waals surface area (Å²) in [5.41, 5.74) is 0.620. The number of hydrogen-bond acceptors (Lipinski definition) is 2. The molecule has 0 saturated carbocycles. The molecule has 0 aromatic carbocycles. The monoisotopic (exact) mass is 278 g/mol. The quantitative estimate of drug-likeness (QED) is 0.582. The van der Waals surface area contributed by atoms with Crippen LogP contribution in [0, 0.1) is 0 Å². The molecule has 3 heteroatoms. The zero-order valence-corrected chi connectivity index (χ0v) is 13.7. The van der Waals surface area contributed by atoms with E-state index in [0.717, 1.165) is 19.6 Å². The van der Waals surface area contributed by atoms with E-state index in [4.69, 9.17) is 0 Å². The first-order chi connectivity index (χ1) is 9.51. The average molecular weight is 278 g/mol. The Hall–Kier alpha value is -1.35. The number of carbonyl (C=O) groups excluding carboxylic acids is 1. The molecule has 1 unspecified atom stereocenters. The molecule has 0 N–H and O–H groups in total. The Morgan fingerprint density at radius 2 is 1.85 bits per heavy atom. The van der Waals surface area contributed by atoms with Crippen LogP contribution in [0.4, 0.5) is 0 Å².